The van der Waals surface area contributed by atoms with E-state index in [1.165, 1.54) is 26.2 Å². The average molecular weight is 228 g/mol. The molecule has 96 valence electrons. The molecule has 0 saturated heterocycles. The Kier molecular flexibility index (Phi) is 8.32. The number of carbonyl (C=O) groups excluding carboxylic acids is 1. The topological polar surface area (TPSA) is 26.3 Å². The van der Waals surface area contributed by atoms with Gasteiger partial charge in [0.15, 0.2) is 0 Å². The van der Waals surface area contributed by atoms with Gasteiger partial charge in [0, 0.05) is 6.92 Å². The van der Waals surface area contributed by atoms with Crippen LogP contribution in [0.4, 0.5) is 0 Å². The molecule has 0 bridgehead atoms. The molecule has 0 spiro atoms. The van der Waals surface area contributed by atoms with E-state index in [-0.39, 0.29) is 5.97 Å². The summed E-state index contributed by atoms with van der Waals surface area (Å²) in [4.78, 5) is 10.6. The maximum atomic E-state index is 10.6. The van der Waals surface area contributed by atoms with Gasteiger partial charge in [0.2, 0.25) is 0 Å². The Balaban J connectivity index is 3.61. The Morgan fingerprint density at radius 1 is 1.06 bits per heavy atom. The fraction of sp³-hybridized carbons (Fsp3) is 0.929. The summed E-state index contributed by atoms with van der Waals surface area (Å²) in [6, 6.07) is 0. The quantitative estimate of drug-likeness (QED) is 0.586. The third kappa shape index (κ3) is 8.75. The van der Waals surface area contributed by atoms with E-state index in [2.05, 4.69) is 27.7 Å². The lowest BCUT2D eigenvalue weighted by atomic mass is 9.87. The second-order valence-electron chi connectivity index (χ2n) is 5.32. The van der Waals surface area contributed by atoms with Crippen molar-refractivity contribution in [1.82, 2.24) is 0 Å². The smallest absolute Gasteiger partial charge is 0.302 e. The van der Waals surface area contributed by atoms with Gasteiger partial charge in [-0.05, 0) is 37.0 Å². The summed E-state index contributed by atoms with van der Waals surface area (Å²) in [7, 11) is 0. The molecular weight excluding hydrogens is 200 g/mol. The van der Waals surface area contributed by atoms with Crippen LogP contribution in [0, 0.1) is 17.8 Å². The van der Waals surface area contributed by atoms with E-state index >= 15 is 0 Å². The van der Waals surface area contributed by atoms with Crippen molar-refractivity contribution in [2.75, 3.05) is 6.61 Å². The van der Waals surface area contributed by atoms with Crippen LogP contribution in [0.15, 0.2) is 0 Å². The summed E-state index contributed by atoms with van der Waals surface area (Å²) in [6.45, 7) is 11.2. The van der Waals surface area contributed by atoms with Crippen LogP contribution in [0.25, 0.3) is 0 Å². The van der Waals surface area contributed by atoms with Gasteiger partial charge >= 0.3 is 5.97 Å². The van der Waals surface area contributed by atoms with E-state index in [0.29, 0.717) is 12.5 Å². The first-order valence-corrected chi connectivity index (χ1v) is 6.59. The SMILES string of the molecule is CCC(C)CC(C)CC(C)CCOC(C)=O. The fourth-order valence-corrected chi connectivity index (χ4v) is 2.16. The first-order chi connectivity index (χ1) is 7.45. The van der Waals surface area contributed by atoms with Gasteiger partial charge in [-0.3, -0.25) is 4.79 Å². The van der Waals surface area contributed by atoms with Gasteiger partial charge in [0.1, 0.15) is 0 Å². The van der Waals surface area contributed by atoms with Gasteiger partial charge in [-0.2, -0.15) is 0 Å². The molecule has 2 nitrogen and oxygen atoms in total. The molecule has 0 aliphatic carbocycles. The van der Waals surface area contributed by atoms with Crippen molar-refractivity contribution in [3.63, 3.8) is 0 Å². The van der Waals surface area contributed by atoms with E-state index < -0.39 is 0 Å². The van der Waals surface area contributed by atoms with Crippen molar-refractivity contribution in [1.29, 1.82) is 0 Å². The van der Waals surface area contributed by atoms with Crippen LogP contribution >= 0.6 is 0 Å². The minimum absolute atomic E-state index is 0.167. The van der Waals surface area contributed by atoms with Crippen molar-refractivity contribution in [2.24, 2.45) is 17.8 Å². The number of carbonyl (C=O) groups is 1. The van der Waals surface area contributed by atoms with E-state index in [9.17, 15) is 4.79 Å². The van der Waals surface area contributed by atoms with Gasteiger partial charge in [0.25, 0.3) is 0 Å². The van der Waals surface area contributed by atoms with Crippen molar-refractivity contribution < 1.29 is 9.53 Å². The average Bonchev–Trinajstić information content (AvgIpc) is 2.16. The zero-order chi connectivity index (χ0) is 12.6. The molecular formula is C14H28O2. The highest BCUT2D eigenvalue weighted by atomic mass is 16.5. The Morgan fingerprint density at radius 3 is 2.12 bits per heavy atom. The number of ether oxygens (including phenoxy) is 1. The third-order valence-corrected chi connectivity index (χ3v) is 3.22. The molecule has 3 atom stereocenters. The summed E-state index contributed by atoms with van der Waals surface area (Å²) in [5.41, 5.74) is 0. The molecule has 0 amide bonds. The van der Waals surface area contributed by atoms with E-state index in [1.807, 2.05) is 0 Å². The Hall–Kier alpha value is -0.530. The van der Waals surface area contributed by atoms with Crippen LogP contribution in [0.3, 0.4) is 0 Å². The predicted octanol–water partition coefficient (Wildman–Crippen LogP) is 4.04. The molecule has 0 aromatic heterocycles. The Labute approximate surface area is 101 Å². The molecule has 0 N–H and O–H groups in total. The summed E-state index contributed by atoms with van der Waals surface area (Å²) in [5, 5.41) is 0. The lowest BCUT2D eigenvalue weighted by Crippen LogP contribution is -2.10. The highest BCUT2D eigenvalue weighted by Gasteiger charge is 2.11. The highest BCUT2D eigenvalue weighted by Crippen LogP contribution is 2.22. The summed E-state index contributed by atoms with van der Waals surface area (Å²) < 4.78 is 4.96. The predicted molar refractivity (Wildman–Crippen MR) is 68.3 cm³/mol. The normalized spacial score (nSPS) is 16.6. The van der Waals surface area contributed by atoms with Crippen LogP contribution in [0.1, 0.15) is 60.3 Å². The molecule has 0 aliphatic heterocycles. The first-order valence-electron chi connectivity index (χ1n) is 6.59. The molecule has 3 unspecified atom stereocenters. The maximum Gasteiger partial charge on any atom is 0.302 e. The van der Waals surface area contributed by atoms with Gasteiger partial charge in [0.05, 0.1) is 6.61 Å². The molecule has 0 aliphatic rings. The van der Waals surface area contributed by atoms with Crippen LogP contribution in [-0.2, 0) is 9.53 Å². The second kappa shape index (κ2) is 8.60. The molecule has 0 heterocycles. The molecule has 2 heteroatoms. The van der Waals surface area contributed by atoms with E-state index in [0.717, 1.165) is 18.3 Å². The monoisotopic (exact) mass is 228 g/mol. The minimum atomic E-state index is -0.167. The second-order valence-corrected chi connectivity index (χ2v) is 5.32. The lowest BCUT2D eigenvalue weighted by molar-refractivity contribution is -0.141. The molecule has 0 saturated carbocycles. The van der Waals surface area contributed by atoms with Gasteiger partial charge in [-0.25, -0.2) is 0 Å². The van der Waals surface area contributed by atoms with Crippen molar-refractivity contribution >= 4 is 5.97 Å². The molecule has 0 fully saturated rings. The summed E-state index contributed by atoms with van der Waals surface area (Å²) in [6.07, 6.45) is 4.82. The highest BCUT2D eigenvalue weighted by molar-refractivity contribution is 5.65. The maximum absolute atomic E-state index is 10.6. The van der Waals surface area contributed by atoms with Gasteiger partial charge < -0.3 is 4.74 Å². The largest absolute Gasteiger partial charge is 0.466 e. The van der Waals surface area contributed by atoms with Crippen molar-refractivity contribution in [2.45, 2.75) is 60.3 Å². The summed E-state index contributed by atoms with van der Waals surface area (Å²) >= 11 is 0. The van der Waals surface area contributed by atoms with Crippen molar-refractivity contribution in [3.05, 3.63) is 0 Å². The van der Waals surface area contributed by atoms with Crippen LogP contribution in [0.5, 0.6) is 0 Å². The molecule has 0 radical (unpaired) electrons. The molecule has 16 heavy (non-hydrogen) atoms. The zero-order valence-corrected chi connectivity index (χ0v) is 11.6. The zero-order valence-electron chi connectivity index (χ0n) is 11.6. The molecule has 0 aromatic carbocycles. The van der Waals surface area contributed by atoms with E-state index in [4.69, 9.17) is 4.74 Å². The van der Waals surface area contributed by atoms with E-state index in [1.54, 1.807) is 0 Å². The van der Waals surface area contributed by atoms with Crippen LogP contribution in [0.2, 0.25) is 0 Å². The standard InChI is InChI=1S/C14H28O2/c1-6-11(2)9-13(4)10-12(3)7-8-16-14(5)15/h11-13H,6-10H2,1-5H3. The van der Waals surface area contributed by atoms with Crippen LogP contribution < -0.4 is 0 Å². The first kappa shape index (κ1) is 15.5. The van der Waals surface area contributed by atoms with Crippen LogP contribution in [-0.4, -0.2) is 12.6 Å². The minimum Gasteiger partial charge on any atom is -0.466 e. The Morgan fingerprint density at radius 2 is 1.62 bits per heavy atom. The molecule has 0 rings (SSSR count). The number of esters is 1. The summed E-state index contributed by atoms with van der Waals surface area (Å²) in [5.74, 6) is 2.09. The number of hydrogen-bond acceptors (Lipinski definition) is 2. The van der Waals surface area contributed by atoms with Crippen molar-refractivity contribution in [3.8, 4) is 0 Å². The van der Waals surface area contributed by atoms with Gasteiger partial charge in [-0.15, -0.1) is 0 Å². The fourth-order valence-electron chi connectivity index (χ4n) is 2.16. The Bertz CT molecular complexity index is 189. The third-order valence-electron chi connectivity index (χ3n) is 3.22. The van der Waals surface area contributed by atoms with Gasteiger partial charge in [-0.1, -0.05) is 34.1 Å². The number of hydrogen-bond donors (Lipinski definition) is 0. The molecule has 0 aromatic rings. The lowest BCUT2D eigenvalue weighted by Gasteiger charge is -2.19. The number of rotatable bonds is 8.